The number of rotatable bonds is 4. The van der Waals surface area contributed by atoms with E-state index in [1.54, 1.807) is 4.90 Å². The van der Waals surface area contributed by atoms with Crippen LogP contribution in [0.3, 0.4) is 0 Å². The Morgan fingerprint density at radius 3 is 2.00 bits per heavy atom. The van der Waals surface area contributed by atoms with Crippen molar-refractivity contribution in [3.8, 4) is 0 Å². The van der Waals surface area contributed by atoms with Crippen LogP contribution < -0.4 is 5.73 Å². The summed E-state index contributed by atoms with van der Waals surface area (Å²) >= 11 is 0. The van der Waals surface area contributed by atoms with Gasteiger partial charge < -0.3 is 15.5 Å². The first kappa shape index (κ1) is 16.5. The predicted molar refractivity (Wildman–Crippen MR) is 86.1 cm³/mol. The summed E-state index contributed by atoms with van der Waals surface area (Å²) in [5.41, 5.74) is 7.12. The maximum absolute atomic E-state index is 12.4. The lowest BCUT2D eigenvalue weighted by atomic mass is 10.1. The molecule has 5 heteroatoms. The van der Waals surface area contributed by atoms with E-state index in [-0.39, 0.29) is 17.7 Å². The summed E-state index contributed by atoms with van der Waals surface area (Å²) in [7, 11) is 0. The maximum atomic E-state index is 12.4. The number of carbonyl (C=O) groups excluding carboxylic acids is 2. The highest BCUT2D eigenvalue weighted by Gasteiger charge is 2.27. The molecule has 2 N–H and O–H groups in total. The van der Waals surface area contributed by atoms with Gasteiger partial charge in [-0.1, -0.05) is 44.2 Å². The zero-order valence-electron chi connectivity index (χ0n) is 13.4. The third-order valence-electron chi connectivity index (χ3n) is 4.01. The van der Waals surface area contributed by atoms with E-state index in [0.29, 0.717) is 32.6 Å². The molecule has 0 aromatic heterocycles. The second kappa shape index (κ2) is 7.40. The van der Waals surface area contributed by atoms with Crippen LogP contribution in [0.25, 0.3) is 0 Å². The number of carbonyl (C=O) groups is 2. The fourth-order valence-corrected chi connectivity index (χ4v) is 2.70. The molecule has 1 aromatic carbocycles. The van der Waals surface area contributed by atoms with Crippen molar-refractivity contribution in [2.45, 2.75) is 26.3 Å². The van der Waals surface area contributed by atoms with E-state index in [1.807, 2.05) is 49.1 Å². The molecule has 2 amide bonds. The van der Waals surface area contributed by atoms with Gasteiger partial charge in [0, 0.05) is 32.1 Å². The number of nitrogens with zero attached hydrogens (tertiary/aromatic N) is 2. The van der Waals surface area contributed by atoms with Crippen LogP contribution in [0, 0.1) is 5.92 Å². The Morgan fingerprint density at radius 1 is 1.00 bits per heavy atom. The minimum atomic E-state index is -0.519. The SMILES string of the molecule is CC(C)C(=O)N1CCN(C(=O)[C@@H](N)Cc2ccccc2)CC1. The summed E-state index contributed by atoms with van der Waals surface area (Å²) < 4.78 is 0. The van der Waals surface area contributed by atoms with Gasteiger partial charge in [-0.05, 0) is 12.0 Å². The van der Waals surface area contributed by atoms with Crippen LogP contribution in [-0.2, 0) is 16.0 Å². The van der Waals surface area contributed by atoms with E-state index >= 15 is 0 Å². The van der Waals surface area contributed by atoms with E-state index in [2.05, 4.69) is 0 Å². The zero-order chi connectivity index (χ0) is 16.1. The van der Waals surface area contributed by atoms with Crippen LogP contribution in [0.15, 0.2) is 30.3 Å². The van der Waals surface area contributed by atoms with Crippen LogP contribution in [0.5, 0.6) is 0 Å². The number of hydrogen-bond donors (Lipinski definition) is 1. The Hall–Kier alpha value is -1.88. The van der Waals surface area contributed by atoms with Crippen molar-refractivity contribution in [1.29, 1.82) is 0 Å². The summed E-state index contributed by atoms with van der Waals surface area (Å²) in [6.07, 6.45) is 0.546. The van der Waals surface area contributed by atoms with Crippen LogP contribution in [-0.4, -0.2) is 53.8 Å². The number of benzene rings is 1. The molecule has 120 valence electrons. The third-order valence-corrected chi connectivity index (χ3v) is 4.01. The van der Waals surface area contributed by atoms with Gasteiger partial charge in [-0.25, -0.2) is 0 Å². The van der Waals surface area contributed by atoms with Gasteiger partial charge in [-0.2, -0.15) is 0 Å². The van der Waals surface area contributed by atoms with Gasteiger partial charge in [0.2, 0.25) is 11.8 Å². The molecule has 1 saturated heterocycles. The molecule has 0 unspecified atom stereocenters. The van der Waals surface area contributed by atoms with Crippen LogP contribution >= 0.6 is 0 Å². The predicted octanol–water partition coefficient (Wildman–Crippen LogP) is 0.883. The van der Waals surface area contributed by atoms with E-state index in [1.165, 1.54) is 0 Å². The molecule has 0 spiro atoms. The normalized spacial score (nSPS) is 16.7. The molecule has 1 heterocycles. The number of piperazine rings is 1. The average molecular weight is 303 g/mol. The summed E-state index contributed by atoms with van der Waals surface area (Å²) in [4.78, 5) is 28.0. The van der Waals surface area contributed by atoms with Crippen molar-refractivity contribution in [2.75, 3.05) is 26.2 Å². The highest BCUT2D eigenvalue weighted by atomic mass is 16.2. The van der Waals surface area contributed by atoms with Crippen molar-refractivity contribution in [3.05, 3.63) is 35.9 Å². The smallest absolute Gasteiger partial charge is 0.239 e. The van der Waals surface area contributed by atoms with Crippen LogP contribution in [0.4, 0.5) is 0 Å². The first-order valence-corrected chi connectivity index (χ1v) is 7.86. The monoisotopic (exact) mass is 303 g/mol. The first-order chi connectivity index (χ1) is 10.5. The molecule has 1 aromatic rings. The molecule has 0 aliphatic carbocycles. The van der Waals surface area contributed by atoms with Crippen LogP contribution in [0.2, 0.25) is 0 Å². The Labute approximate surface area is 132 Å². The summed E-state index contributed by atoms with van der Waals surface area (Å²) in [6, 6.07) is 9.28. The fraction of sp³-hybridized carbons (Fsp3) is 0.529. The highest BCUT2D eigenvalue weighted by Crippen LogP contribution is 2.10. The Balaban J connectivity index is 1.85. The second-order valence-electron chi connectivity index (χ2n) is 6.10. The molecule has 0 saturated carbocycles. The first-order valence-electron chi connectivity index (χ1n) is 7.86. The minimum absolute atomic E-state index is 0.00240. The average Bonchev–Trinajstić information content (AvgIpc) is 2.54. The molecule has 5 nitrogen and oxygen atoms in total. The van der Waals surface area contributed by atoms with E-state index < -0.39 is 6.04 Å². The van der Waals surface area contributed by atoms with Gasteiger partial charge in [0.15, 0.2) is 0 Å². The Kier molecular flexibility index (Phi) is 5.55. The molecular weight excluding hydrogens is 278 g/mol. The van der Waals surface area contributed by atoms with Crippen molar-refractivity contribution in [2.24, 2.45) is 11.7 Å². The molecular formula is C17H25N3O2. The molecule has 0 bridgehead atoms. The lowest BCUT2D eigenvalue weighted by Gasteiger charge is -2.36. The summed E-state index contributed by atoms with van der Waals surface area (Å²) in [6.45, 7) is 6.13. The molecule has 0 radical (unpaired) electrons. The van der Waals surface area contributed by atoms with Gasteiger partial charge in [0.1, 0.15) is 0 Å². The molecule has 1 aliphatic rings. The van der Waals surface area contributed by atoms with Crippen molar-refractivity contribution in [1.82, 2.24) is 9.80 Å². The minimum Gasteiger partial charge on any atom is -0.339 e. The number of hydrogen-bond acceptors (Lipinski definition) is 3. The van der Waals surface area contributed by atoms with Gasteiger partial charge in [-0.3, -0.25) is 9.59 Å². The summed E-state index contributed by atoms with van der Waals surface area (Å²) in [5.74, 6) is 0.128. The summed E-state index contributed by atoms with van der Waals surface area (Å²) in [5, 5.41) is 0. The second-order valence-corrected chi connectivity index (χ2v) is 6.10. The standard InChI is InChI=1S/C17H25N3O2/c1-13(2)16(21)19-8-10-20(11-9-19)17(22)15(18)12-14-6-4-3-5-7-14/h3-7,13,15H,8-12,18H2,1-2H3/t15-/m0/s1. The lowest BCUT2D eigenvalue weighted by molar-refractivity contribution is -0.142. The number of amides is 2. The quantitative estimate of drug-likeness (QED) is 0.898. The number of nitrogens with two attached hydrogens (primary N) is 1. The van der Waals surface area contributed by atoms with E-state index in [0.717, 1.165) is 5.56 Å². The Bertz CT molecular complexity index is 508. The highest BCUT2D eigenvalue weighted by molar-refractivity contribution is 5.83. The zero-order valence-corrected chi connectivity index (χ0v) is 13.4. The van der Waals surface area contributed by atoms with Crippen LogP contribution in [0.1, 0.15) is 19.4 Å². The Morgan fingerprint density at radius 2 is 1.50 bits per heavy atom. The van der Waals surface area contributed by atoms with Crippen molar-refractivity contribution in [3.63, 3.8) is 0 Å². The molecule has 1 fully saturated rings. The largest absolute Gasteiger partial charge is 0.339 e. The molecule has 22 heavy (non-hydrogen) atoms. The van der Waals surface area contributed by atoms with E-state index in [4.69, 9.17) is 5.73 Å². The topological polar surface area (TPSA) is 66.6 Å². The van der Waals surface area contributed by atoms with Gasteiger partial charge in [-0.15, -0.1) is 0 Å². The molecule has 1 aliphatic heterocycles. The molecule has 2 rings (SSSR count). The van der Waals surface area contributed by atoms with E-state index in [9.17, 15) is 9.59 Å². The van der Waals surface area contributed by atoms with Crippen molar-refractivity contribution < 1.29 is 9.59 Å². The van der Waals surface area contributed by atoms with Gasteiger partial charge >= 0.3 is 0 Å². The third kappa shape index (κ3) is 4.07. The van der Waals surface area contributed by atoms with Gasteiger partial charge in [0.05, 0.1) is 6.04 Å². The lowest BCUT2D eigenvalue weighted by Crippen LogP contribution is -2.55. The van der Waals surface area contributed by atoms with Crippen molar-refractivity contribution >= 4 is 11.8 Å². The molecule has 1 atom stereocenters. The maximum Gasteiger partial charge on any atom is 0.239 e. The van der Waals surface area contributed by atoms with Gasteiger partial charge in [0.25, 0.3) is 0 Å². The fourth-order valence-electron chi connectivity index (χ4n) is 2.70.